The number of aryl methyl sites for hydroxylation is 1. The average molecular weight is 328 g/mol. The van der Waals surface area contributed by atoms with E-state index in [0.717, 1.165) is 17.8 Å². The molecule has 3 heterocycles. The molecule has 2 unspecified atom stereocenters. The molecule has 7 nitrogen and oxygen atoms in total. The number of aromatic nitrogens is 3. The van der Waals surface area contributed by atoms with Crippen LogP contribution in [0.15, 0.2) is 30.6 Å². The molecule has 2 aliphatic rings. The van der Waals surface area contributed by atoms with Crippen molar-refractivity contribution >= 4 is 5.91 Å². The zero-order chi connectivity index (χ0) is 16.5. The number of hydrogen-bond donors (Lipinski definition) is 0. The molecule has 1 fully saturated rings. The van der Waals surface area contributed by atoms with Crippen molar-refractivity contribution in [2.24, 2.45) is 7.05 Å². The summed E-state index contributed by atoms with van der Waals surface area (Å²) in [6, 6.07) is 8.01. The molecule has 2 atom stereocenters. The number of rotatable bonds is 2. The van der Waals surface area contributed by atoms with Crippen LogP contribution in [-0.4, -0.2) is 51.9 Å². The minimum absolute atomic E-state index is 0.00221. The first kappa shape index (κ1) is 15.3. The predicted molar refractivity (Wildman–Crippen MR) is 85.1 cm³/mol. The largest absolute Gasteiger partial charge is 0.366 e. The minimum atomic E-state index is -0.520. The zero-order valence-electron chi connectivity index (χ0n) is 13.6. The van der Waals surface area contributed by atoms with Crippen molar-refractivity contribution in [1.29, 1.82) is 0 Å². The number of ether oxygens (including phenoxy) is 2. The summed E-state index contributed by atoms with van der Waals surface area (Å²) in [6.07, 6.45) is 1.71. The Hall–Kier alpha value is -2.25. The number of amides is 1. The van der Waals surface area contributed by atoms with Crippen molar-refractivity contribution in [1.82, 2.24) is 19.7 Å². The Balaban J connectivity index is 1.54. The van der Waals surface area contributed by atoms with Crippen molar-refractivity contribution < 1.29 is 14.3 Å². The summed E-state index contributed by atoms with van der Waals surface area (Å²) in [7, 11) is 1.87. The van der Waals surface area contributed by atoms with Gasteiger partial charge in [-0.3, -0.25) is 4.79 Å². The van der Waals surface area contributed by atoms with Crippen molar-refractivity contribution in [3.05, 3.63) is 47.5 Å². The first-order valence-corrected chi connectivity index (χ1v) is 8.17. The van der Waals surface area contributed by atoms with Crippen LogP contribution in [0.25, 0.3) is 0 Å². The molecule has 2 aromatic rings. The smallest absolute Gasteiger partial charge is 0.256 e. The van der Waals surface area contributed by atoms with Gasteiger partial charge in [0, 0.05) is 13.6 Å². The highest BCUT2D eigenvalue weighted by Crippen LogP contribution is 2.30. The van der Waals surface area contributed by atoms with E-state index in [9.17, 15) is 4.79 Å². The van der Waals surface area contributed by atoms with Gasteiger partial charge in [-0.1, -0.05) is 24.3 Å². The molecule has 1 amide bonds. The summed E-state index contributed by atoms with van der Waals surface area (Å²) in [5.74, 6) is 0.732. The third-order valence-corrected chi connectivity index (χ3v) is 4.63. The van der Waals surface area contributed by atoms with Crippen LogP contribution in [0.4, 0.5) is 0 Å². The van der Waals surface area contributed by atoms with Crippen LogP contribution in [0.2, 0.25) is 0 Å². The Labute approximate surface area is 140 Å². The van der Waals surface area contributed by atoms with E-state index in [2.05, 4.69) is 16.3 Å². The lowest BCUT2D eigenvalue weighted by Gasteiger charge is -2.35. The molecule has 24 heavy (non-hydrogen) atoms. The van der Waals surface area contributed by atoms with E-state index in [1.165, 1.54) is 5.56 Å². The predicted octanol–water partition coefficient (Wildman–Crippen LogP) is 1.03. The third kappa shape index (κ3) is 2.70. The second kappa shape index (κ2) is 6.33. The molecule has 4 rings (SSSR count). The van der Waals surface area contributed by atoms with Gasteiger partial charge >= 0.3 is 0 Å². The van der Waals surface area contributed by atoms with E-state index in [4.69, 9.17) is 9.47 Å². The Kier molecular flexibility index (Phi) is 4.03. The van der Waals surface area contributed by atoms with Crippen LogP contribution in [0.1, 0.15) is 29.2 Å². The number of fused-ring (bicyclic) bond motifs is 1. The lowest BCUT2D eigenvalue weighted by atomic mass is 9.96. The fourth-order valence-corrected chi connectivity index (χ4v) is 3.35. The second-order valence-corrected chi connectivity index (χ2v) is 6.14. The van der Waals surface area contributed by atoms with Crippen molar-refractivity contribution in [2.75, 3.05) is 26.3 Å². The van der Waals surface area contributed by atoms with Crippen LogP contribution >= 0.6 is 0 Å². The second-order valence-electron chi connectivity index (χ2n) is 6.14. The first-order chi connectivity index (χ1) is 11.7. The lowest BCUT2D eigenvalue weighted by Crippen LogP contribution is -2.46. The molecular weight excluding hydrogens is 308 g/mol. The van der Waals surface area contributed by atoms with Crippen LogP contribution in [-0.2, 0) is 27.7 Å². The average Bonchev–Trinajstić information content (AvgIpc) is 3.07. The van der Waals surface area contributed by atoms with E-state index >= 15 is 0 Å². The van der Waals surface area contributed by atoms with E-state index in [1.54, 1.807) is 6.33 Å². The fourth-order valence-electron chi connectivity index (χ4n) is 3.35. The highest BCUT2D eigenvalue weighted by molar-refractivity contribution is 5.83. The number of hydrogen-bond acceptors (Lipinski definition) is 5. The van der Waals surface area contributed by atoms with Gasteiger partial charge in [0.1, 0.15) is 12.4 Å². The van der Waals surface area contributed by atoms with Gasteiger partial charge in [-0.15, -0.1) is 10.2 Å². The first-order valence-electron chi connectivity index (χ1n) is 8.17. The molecule has 1 saturated heterocycles. The number of benzene rings is 1. The van der Waals surface area contributed by atoms with E-state index in [0.29, 0.717) is 26.3 Å². The molecule has 0 aliphatic carbocycles. The monoisotopic (exact) mass is 328 g/mol. The Bertz CT molecular complexity index is 745. The highest BCUT2D eigenvalue weighted by atomic mass is 16.5. The maximum Gasteiger partial charge on any atom is 0.256 e. The normalized spacial score (nSPS) is 23.8. The summed E-state index contributed by atoms with van der Waals surface area (Å²) in [6.45, 7) is 2.09. The summed E-state index contributed by atoms with van der Waals surface area (Å²) >= 11 is 0. The maximum atomic E-state index is 13.0. The maximum absolute atomic E-state index is 13.0. The topological polar surface area (TPSA) is 69.5 Å². The molecule has 0 bridgehead atoms. The van der Waals surface area contributed by atoms with Crippen LogP contribution in [0.3, 0.4) is 0 Å². The number of carbonyl (C=O) groups is 1. The molecule has 0 radical (unpaired) electrons. The Morgan fingerprint density at radius 1 is 1.25 bits per heavy atom. The van der Waals surface area contributed by atoms with Crippen LogP contribution < -0.4 is 0 Å². The van der Waals surface area contributed by atoms with E-state index < -0.39 is 6.10 Å². The standard InChI is InChI=1S/C17H20N4O3/c1-20-11-18-19-16(20)14-10-21(7-9-23-14)17(22)15-13-5-3-2-4-12(13)6-8-24-15/h2-5,11,14-15H,6-10H2,1H3. The van der Waals surface area contributed by atoms with Crippen LogP contribution in [0, 0.1) is 0 Å². The molecule has 1 aromatic heterocycles. The number of nitrogens with zero attached hydrogens (tertiary/aromatic N) is 4. The summed E-state index contributed by atoms with van der Waals surface area (Å²) in [5.41, 5.74) is 2.18. The molecule has 1 aromatic carbocycles. The zero-order valence-corrected chi connectivity index (χ0v) is 13.6. The highest BCUT2D eigenvalue weighted by Gasteiger charge is 2.35. The molecule has 0 saturated carbocycles. The van der Waals surface area contributed by atoms with Gasteiger partial charge < -0.3 is 18.9 Å². The van der Waals surface area contributed by atoms with Crippen molar-refractivity contribution in [3.8, 4) is 0 Å². The Morgan fingerprint density at radius 2 is 2.12 bits per heavy atom. The van der Waals surface area contributed by atoms with Crippen molar-refractivity contribution in [3.63, 3.8) is 0 Å². The minimum Gasteiger partial charge on any atom is -0.366 e. The molecular formula is C17H20N4O3. The molecule has 2 aliphatic heterocycles. The molecule has 0 N–H and O–H groups in total. The molecule has 126 valence electrons. The summed E-state index contributed by atoms with van der Waals surface area (Å²) < 4.78 is 13.4. The molecule has 7 heteroatoms. The van der Waals surface area contributed by atoms with E-state index in [1.807, 2.05) is 34.7 Å². The number of morpholine rings is 1. The van der Waals surface area contributed by atoms with Gasteiger partial charge in [0.2, 0.25) is 0 Å². The van der Waals surface area contributed by atoms with Gasteiger partial charge in [0.05, 0.1) is 19.8 Å². The van der Waals surface area contributed by atoms with Crippen molar-refractivity contribution in [2.45, 2.75) is 18.6 Å². The van der Waals surface area contributed by atoms with E-state index in [-0.39, 0.29) is 12.0 Å². The number of carbonyl (C=O) groups excluding carboxylic acids is 1. The van der Waals surface area contributed by atoms with Gasteiger partial charge in [-0.2, -0.15) is 0 Å². The van der Waals surface area contributed by atoms with Crippen LogP contribution in [0.5, 0.6) is 0 Å². The molecule has 0 spiro atoms. The van der Waals surface area contributed by atoms with Gasteiger partial charge in [-0.05, 0) is 17.5 Å². The SMILES string of the molecule is Cn1cnnc1C1CN(C(=O)C2OCCc3ccccc32)CCO1. The fraction of sp³-hybridized carbons (Fsp3) is 0.471. The Morgan fingerprint density at radius 3 is 2.96 bits per heavy atom. The van der Waals surface area contributed by atoms with Gasteiger partial charge in [0.25, 0.3) is 5.91 Å². The lowest BCUT2D eigenvalue weighted by molar-refractivity contribution is -0.153. The quantitative estimate of drug-likeness (QED) is 0.823. The van der Waals surface area contributed by atoms with Gasteiger partial charge in [-0.25, -0.2) is 0 Å². The summed E-state index contributed by atoms with van der Waals surface area (Å²) in [4.78, 5) is 14.8. The summed E-state index contributed by atoms with van der Waals surface area (Å²) in [5, 5.41) is 7.99. The third-order valence-electron chi connectivity index (χ3n) is 4.63. The van der Waals surface area contributed by atoms with Gasteiger partial charge in [0.15, 0.2) is 11.9 Å².